The van der Waals surface area contributed by atoms with E-state index in [1.165, 1.54) is 25.7 Å². The van der Waals surface area contributed by atoms with Gasteiger partial charge in [0.2, 0.25) is 5.91 Å². The number of nitrogens with two attached hydrogens (primary N) is 1. The van der Waals surface area contributed by atoms with Crippen LogP contribution in [0.2, 0.25) is 0 Å². The number of aliphatic imine (C=N–C) groups is 1. The Bertz CT molecular complexity index is 432. The van der Waals surface area contributed by atoms with Crippen LogP contribution >= 0.6 is 0 Å². The average molecular weight is 352 g/mol. The maximum atomic E-state index is 11.4. The highest BCUT2D eigenvalue weighted by Gasteiger charge is 2.23. The summed E-state index contributed by atoms with van der Waals surface area (Å²) in [5.74, 6) is 1.70. The first-order valence-corrected chi connectivity index (χ1v) is 10.1. The second kappa shape index (κ2) is 10.6. The minimum absolute atomic E-state index is 0.0323. The normalized spacial score (nSPS) is 28.6. The lowest BCUT2D eigenvalue weighted by Crippen LogP contribution is -2.45. The van der Waals surface area contributed by atoms with Crippen LogP contribution in [0.15, 0.2) is 4.99 Å². The molecule has 2 rings (SSSR count). The molecule has 2 fully saturated rings. The molecule has 1 saturated carbocycles. The third-order valence-electron chi connectivity index (χ3n) is 5.51. The molecule has 2 aliphatic rings. The van der Waals surface area contributed by atoms with Gasteiger partial charge in [-0.05, 0) is 70.9 Å². The van der Waals surface area contributed by atoms with Gasteiger partial charge in [0.25, 0.3) is 0 Å². The van der Waals surface area contributed by atoms with Gasteiger partial charge in [-0.25, -0.2) is 0 Å². The number of carbonyl (C=O) groups excluding carboxylic acids is 1. The Hall–Kier alpha value is -1.30. The van der Waals surface area contributed by atoms with Gasteiger partial charge in [-0.1, -0.05) is 6.92 Å². The predicted octanol–water partition coefficient (Wildman–Crippen LogP) is 1.71. The molecule has 1 unspecified atom stereocenters. The number of carbonyl (C=O) groups is 1. The van der Waals surface area contributed by atoms with Crippen LogP contribution in [0.25, 0.3) is 0 Å². The minimum atomic E-state index is -0.150. The smallest absolute Gasteiger partial charge is 0.221 e. The number of likely N-dealkylation sites (tertiary alicyclic amines) is 1. The monoisotopic (exact) mass is 351 g/mol. The molecular weight excluding hydrogens is 314 g/mol. The summed E-state index contributed by atoms with van der Waals surface area (Å²) in [6, 6.07) is 0.562. The van der Waals surface area contributed by atoms with Gasteiger partial charge in [-0.2, -0.15) is 0 Å². The highest BCUT2D eigenvalue weighted by atomic mass is 16.1. The first kappa shape index (κ1) is 20.0. The number of nitrogens with one attached hydrogen (secondary N) is 2. The summed E-state index contributed by atoms with van der Waals surface area (Å²) in [7, 11) is 0. The molecule has 0 radical (unpaired) electrons. The van der Waals surface area contributed by atoms with Crippen LogP contribution in [-0.4, -0.2) is 55.5 Å². The first-order chi connectivity index (χ1) is 12.1. The number of primary amides is 1. The molecule has 6 heteroatoms. The topological polar surface area (TPSA) is 82.8 Å². The highest BCUT2D eigenvalue weighted by Crippen LogP contribution is 2.23. The van der Waals surface area contributed by atoms with Crippen molar-refractivity contribution in [1.29, 1.82) is 0 Å². The molecule has 1 atom stereocenters. The minimum Gasteiger partial charge on any atom is -0.369 e. The van der Waals surface area contributed by atoms with Gasteiger partial charge in [-0.3, -0.25) is 9.79 Å². The van der Waals surface area contributed by atoms with Gasteiger partial charge in [-0.15, -0.1) is 0 Å². The summed E-state index contributed by atoms with van der Waals surface area (Å²) < 4.78 is 0. The van der Waals surface area contributed by atoms with E-state index >= 15 is 0 Å². The van der Waals surface area contributed by atoms with E-state index < -0.39 is 0 Å². The number of nitrogens with zero attached hydrogens (tertiary/aromatic N) is 2. The van der Waals surface area contributed by atoms with Gasteiger partial charge in [0.1, 0.15) is 0 Å². The van der Waals surface area contributed by atoms with Crippen molar-refractivity contribution in [2.45, 2.75) is 64.8 Å². The van der Waals surface area contributed by atoms with Gasteiger partial charge in [0.15, 0.2) is 5.96 Å². The quantitative estimate of drug-likeness (QED) is 0.370. The lowest BCUT2D eigenvalue weighted by molar-refractivity contribution is -0.123. The molecule has 0 spiro atoms. The molecule has 25 heavy (non-hydrogen) atoms. The molecule has 4 N–H and O–H groups in total. The van der Waals surface area contributed by atoms with Crippen LogP contribution in [0.5, 0.6) is 0 Å². The summed E-state index contributed by atoms with van der Waals surface area (Å²) in [5, 5.41) is 6.97. The Balaban J connectivity index is 1.70. The zero-order valence-corrected chi connectivity index (χ0v) is 16.1. The fraction of sp³-hybridized carbons (Fsp3) is 0.895. The van der Waals surface area contributed by atoms with E-state index in [0.29, 0.717) is 6.04 Å². The van der Waals surface area contributed by atoms with E-state index in [-0.39, 0.29) is 11.8 Å². The van der Waals surface area contributed by atoms with Crippen LogP contribution in [0, 0.1) is 11.8 Å². The Morgan fingerprint density at radius 2 is 2.00 bits per heavy atom. The number of amides is 1. The molecule has 1 saturated heterocycles. The average Bonchev–Trinajstić information content (AvgIpc) is 2.61. The largest absolute Gasteiger partial charge is 0.369 e. The van der Waals surface area contributed by atoms with Crippen molar-refractivity contribution < 1.29 is 4.79 Å². The van der Waals surface area contributed by atoms with E-state index in [1.54, 1.807) is 0 Å². The second-order valence-corrected chi connectivity index (χ2v) is 7.76. The maximum Gasteiger partial charge on any atom is 0.221 e. The molecule has 0 aromatic heterocycles. The molecule has 0 bridgehead atoms. The van der Waals surface area contributed by atoms with Crippen LogP contribution in [0.1, 0.15) is 58.8 Å². The van der Waals surface area contributed by atoms with Crippen molar-refractivity contribution in [3.63, 3.8) is 0 Å². The number of guanidine groups is 1. The molecular formula is C19H37N5O. The molecule has 6 nitrogen and oxygen atoms in total. The van der Waals surface area contributed by atoms with Crippen molar-refractivity contribution in [2.24, 2.45) is 22.6 Å². The first-order valence-electron chi connectivity index (χ1n) is 10.1. The summed E-state index contributed by atoms with van der Waals surface area (Å²) in [4.78, 5) is 18.5. The maximum absolute atomic E-state index is 11.4. The fourth-order valence-corrected chi connectivity index (χ4v) is 3.89. The van der Waals surface area contributed by atoms with Crippen LogP contribution in [-0.2, 0) is 4.79 Å². The zero-order chi connectivity index (χ0) is 18.1. The van der Waals surface area contributed by atoms with Crippen molar-refractivity contribution in [3.05, 3.63) is 0 Å². The number of rotatable bonds is 7. The molecule has 144 valence electrons. The van der Waals surface area contributed by atoms with Crippen LogP contribution < -0.4 is 16.4 Å². The van der Waals surface area contributed by atoms with Crippen LogP contribution in [0.3, 0.4) is 0 Å². The summed E-state index contributed by atoms with van der Waals surface area (Å²) in [6.45, 7) is 9.05. The summed E-state index contributed by atoms with van der Waals surface area (Å²) in [5.41, 5.74) is 5.45. The third-order valence-corrected chi connectivity index (χ3v) is 5.51. The van der Waals surface area contributed by atoms with Crippen LogP contribution in [0.4, 0.5) is 0 Å². The van der Waals surface area contributed by atoms with E-state index in [9.17, 15) is 4.79 Å². The van der Waals surface area contributed by atoms with Gasteiger partial charge in [0.05, 0.1) is 5.92 Å². The van der Waals surface area contributed by atoms with E-state index in [0.717, 1.165) is 63.9 Å². The highest BCUT2D eigenvalue weighted by molar-refractivity contribution is 5.80. The second-order valence-electron chi connectivity index (χ2n) is 7.76. The molecule has 1 aliphatic heterocycles. The summed E-state index contributed by atoms with van der Waals surface area (Å²) in [6.07, 6.45) is 8.14. The number of hydrogen-bond acceptors (Lipinski definition) is 3. The zero-order valence-electron chi connectivity index (χ0n) is 16.1. The number of hydrogen-bond donors (Lipinski definition) is 3. The van der Waals surface area contributed by atoms with E-state index in [1.807, 2.05) is 0 Å². The molecule has 1 aliphatic carbocycles. The third kappa shape index (κ3) is 7.22. The van der Waals surface area contributed by atoms with Gasteiger partial charge in [0, 0.05) is 25.7 Å². The van der Waals surface area contributed by atoms with Crippen molar-refractivity contribution >= 4 is 11.9 Å². The van der Waals surface area contributed by atoms with Crippen molar-refractivity contribution in [2.75, 3.05) is 32.7 Å². The standard InChI is InChI=1S/C19H37N5O/c1-3-21-19(23-17-9-7-15(2)8-10-17)22-11-5-13-24-12-4-6-16(14-24)18(20)25/h15-17H,3-14H2,1-2H3,(H2,20,25)(H2,21,22,23). The molecule has 1 heterocycles. The van der Waals surface area contributed by atoms with Gasteiger partial charge < -0.3 is 21.3 Å². The van der Waals surface area contributed by atoms with Crippen molar-refractivity contribution in [3.8, 4) is 0 Å². The summed E-state index contributed by atoms with van der Waals surface area (Å²) >= 11 is 0. The fourth-order valence-electron chi connectivity index (χ4n) is 3.89. The van der Waals surface area contributed by atoms with Gasteiger partial charge >= 0.3 is 0 Å². The van der Waals surface area contributed by atoms with Crippen molar-refractivity contribution in [1.82, 2.24) is 15.5 Å². The Labute approximate surface area is 153 Å². The lowest BCUT2D eigenvalue weighted by atomic mass is 9.87. The van der Waals surface area contributed by atoms with E-state index in [2.05, 4.69) is 29.4 Å². The molecule has 0 aromatic carbocycles. The molecule has 1 amide bonds. The Kier molecular flexibility index (Phi) is 8.52. The van der Waals surface area contributed by atoms with E-state index in [4.69, 9.17) is 10.7 Å². The number of piperidine rings is 1. The SMILES string of the molecule is CCNC(=NCCCN1CCCC(C(N)=O)C1)NC1CCC(C)CC1. The lowest BCUT2D eigenvalue weighted by Gasteiger charge is -2.31. The Morgan fingerprint density at radius 3 is 2.68 bits per heavy atom. The Morgan fingerprint density at radius 1 is 1.24 bits per heavy atom. The molecule has 0 aromatic rings. The predicted molar refractivity (Wildman–Crippen MR) is 104 cm³/mol.